The predicted octanol–water partition coefficient (Wildman–Crippen LogP) is 6.97. The van der Waals surface area contributed by atoms with E-state index in [1.54, 1.807) is 48.5 Å². The van der Waals surface area contributed by atoms with Crippen molar-refractivity contribution in [2.24, 2.45) is 5.92 Å². The van der Waals surface area contributed by atoms with Crippen LogP contribution in [0.1, 0.15) is 30.5 Å². The average Bonchev–Trinajstić information content (AvgIpc) is 3.05. The van der Waals surface area contributed by atoms with Gasteiger partial charge in [0.25, 0.3) is 10.0 Å². The molecule has 1 unspecified atom stereocenters. The number of carbonyl (C=O) groups excluding carboxylic acids is 2. The number of alkyl halides is 3. The molecule has 0 aromatic heterocycles. The first kappa shape index (κ1) is 35.5. The summed E-state index contributed by atoms with van der Waals surface area (Å²) in [4.78, 5) is 29.3. The average molecular weight is 686 g/mol. The Morgan fingerprint density at radius 3 is 1.94 bits per heavy atom. The van der Waals surface area contributed by atoms with E-state index < -0.39 is 56.9 Å². The summed E-state index contributed by atoms with van der Waals surface area (Å²) >= 11 is 5.86. The number of hydrogen-bond donors (Lipinski definition) is 1. The molecule has 0 radical (unpaired) electrons. The Balaban J connectivity index is 1.84. The summed E-state index contributed by atoms with van der Waals surface area (Å²) in [5, 5.41) is 2.27. The maximum Gasteiger partial charge on any atom is 0.417 e. The molecular weight excluding hydrogens is 651 g/mol. The molecule has 0 heterocycles. The highest BCUT2D eigenvalue weighted by molar-refractivity contribution is 7.92. The van der Waals surface area contributed by atoms with Crippen LogP contribution in [0.5, 0.6) is 0 Å². The molecule has 4 rings (SSSR count). The Bertz CT molecular complexity index is 1760. The smallest absolute Gasteiger partial charge is 0.354 e. The predicted molar refractivity (Wildman–Crippen MR) is 176 cm³/mol. The van der Waals surface area contributed by atoms with Gasteiger partial charge < -0.3 is 10.2 Å². The first-order chi connectivity index (χ1) is 22.3. The van der Waals surface area contributed by atoms with E-state index in [1.807, 2.05) is 32.0 Å². The van der Waals surface area contributed by atoms with Crippen molar-refractivity contribution in [3.05, 3.63) is 131 Å². The minimum absolute atomic E-state index is 0.0695. The molecule has 0 aliphatic heterocycles. The van der Waals surface area contributed by atoms with Crippen LogP contribution >= 0.6 is 11.6 Å². The van der Waals surface area contributed by atoms with Crippen molar-refractivity contribution in [1.82, 2.24) is 10.2 Å². The highest BCUT2D eigenvalue weighted by atomic mass is 35.5. The summed E-state index contributed by atoms with van der Waals surface area (Å²) < 4.78 is 70.4. The van der Waals surface area contributed by atoms with Gasteiger partial charge in [-0.2, -0.15) is 13.2 Å². The molecule has 0 bridgehead atoms. The maximum absolute atomic E-state index is 14.4. The zero-order valence-corrected chi connectivity index (χ0v) is 27.4. The van der Waals surface area contributed by atoms with E-state index in [0.717, 1.165) is 17.7 Å². The lowest BCUT2D eigenvalue weighted by molar-refractivity contribution is -0.140. The number of rotatable bonds is 13. The van der Waals surface area contributed by atoms with E-state index >= 15 is 0 Å². The molecule has 2 amide bonds. The Morgan fingerprint density at radius 2 is 1.38 bits per heavy atom. The van der Waals surface area contributed by atoms with Crippen LogP contribution in [0.4, 0.5) is 18.9 Å². The monoisotopic (exact) mass is 685 g/mol. The molecule has 0 saturated heterocycles. The van der Waals surface area contributed by atoms with Gasteiger partial charge in [0.1, 0.15) is 12.6 Å². The van der Waals surface area contributed by atoms with Crippen LogP contribution in [0.2, 0.25) is 5.02 Å². The van der Waals surface area contributed by atoms with Crippen LogP contribution in [0.3, 0.4) is 0 Å². The van der Waals surface area contributed by atoms with E-state index in [0.29, 0.717) is 22.5 Å². The van der Waals surface area contributed by atoms with E-state index in [1.165, 1.54) is 29.2 Å². The number of sulfonamides is 1. The standard InChI is InChI=1S/C35H35ClF3N3O4S/c1-25(2)22-40-34(44)32(20-26-12-6-3-7-13-26)41(23-27-14-8-4-9-15-27)33(43)24-42(47(45,46)29-16-10-5-11-17-29)28-18-19-31(36)30(21-28)35(37,38)39/h3-19,21,25,32H,20,22-24H2,1-2H3,(H,40,44). The lowest BCUT2D eigenvalue weighted by Crippen LogP contribution is -2.53. The van der Waals surface area contributed by atoms with Gasteiger partial charge in [0, 0.05) is 19.5 Å². The Labute approximate surface area is 278 Å². The van der Waals surface area contributed by atoms with E-state index in [9.17, 15) is 31.2 Å². The summed E-state index contributed by atoms with van der Waals surface area (Å²) in [6.07, 6.45) is -4.79. The number of benzene rings is 4. The lowest BCUT2D eigenvalue weighted by Gasteiger charge is -2.34. The van der Waals surface area contributed by atoms with E-state index in [2.05, 4.69) is 5.32 Å². The third-order valence-corrected chi connectivity index (χ3v) is 9.42. The van der Waals surface area contributed by atoms with Crippen LogP contribution in [-0.4, -0.2) is 44.3 Å². The minimum atomic E-state index is -4.89. The van der Waals surface area contributed by atoms with Crippen molar-refractivity contribution in [1.29, 1.82) is 0 Å². The van der Waals surface area contributed by atoms with Crippen LogP contribution in [-0.2, 0) is 38.8 Å². The van der Waals surface area contributed by atoms with Gasteiger partial charge in [-0.3, -0.25) is 13.9 Å². The van der Waals surface area contributed by atoms with Crippen molar-refractivity contribution in [2.45, 2.75) is 43.9 Å². The number of nitrogens with one attached hydrogen (secondary N) is 1. The first-order valence-corrected chi connectivity index (χ1v) is 16.7. The number of halogens is 4. The molecule has 4 aromatic rings. The minimum Gasteiger partial charge on any atom is -0.354 e. The quantitative estimate of drug-likeness (QED) is 0.165. The molecule has 0 aliphatic rings. The molecule has 47 heavy (non-hydrogen) atoms. The fourth-order valence-corrected chi connectivity index (χ4v) is 6.54. The topological polar surface area (TPSA) is 86.8 Å². The molecule has 7 nitrogen and oxygen atoms in total. The van der Waals surface area contributed by atoms with Crippen LogP contribution in [0, 0.1) is 5.92 Å². The second-order valence-electron chi connectivity index (χ2n) is 11.3. The fraction of sp³-hybridized carbons (Fsp3) is 0.257. The van der Waals surface area contributed by atoms with Gasteiger partial charge in [0.2, 0.25) is 11.8 Å². The van der Waals surface area contributed by atoms with Crippen LogP contribution in [0.25, 0.3) is 0 Å². The number of hydrogen-bond acceptors (Lipinski definition) is 4. The van der Waals surface area contributed by atoms with Gasteiger partial charge >= 0.3 is 6.18 Å². The van der Waals surface area contributed by atoms with Crippen LogP contribution < -0.4 is 9.62 Å². The molecule has 12 heteroatoms. The van der Waals surface area contributed by atoms with Crippen molar-refractivity contribution >= 4 is 39.1 Å². The Kier molecular flexibility index (Phi) is 11.7. The van der Waals surface area contributed by atoms with Crippen molar-refractivity contribution in [3.63, 3.8) is 0 Å². The highest BCUT2D eigenvalue weighted by Gasteiger charge is 2.37. The fourth-order valence-electron chi connectivity index (χ4n) is 4.89. The third kappa shape index (κ3) is 9.36. The summed E-state index contributed by atoms with van der Waals surface area (Å²) in [6, 6.07) is 26.6. The lowest BCUT2D eigenvalue weighted by atomic mass is 10.0. The maximum atomic E-state index is 14.4. The van der Waals surface area contributed by atoms with Crippen molar-refractivity contribution < 1.29 is 31.2 Å². The molecule has 1 atom stereocenters. The van der Waals surface area contributed by atoms with Gasteiger partial charge in [-0.05, 0) is 47.4 Å². The summed E-state index contributed by atoms with van der Waals surface area (Å²) in [7, 11) is -4.58. The Hall–Kier alpha value is -4.35. The number of anilines is 1. The summed E-state index contributed by atoms with van der Waals surface area (Å²) in [6.45, 7) is 3.21. The largest absolute Gasteiger partial charge is 0.417 e. The summed E-state index contributed by atoms with van der Waals surface area (Å²) in [5.74, 6) is -1.14. The van der Waals surface area contributed by atoms with Gasteiger partial charge in [-0.15, -0.1) is 0 Å². The van der Waals surface area contributed by atoms with Gasteiger partial charge in [-0.25, -0.2) is 8.42 Å². The molecule has 0 spiro atoms. The van der Waals surface area contributed by atoms with Gasteiger partial charge in [0.15, 0.2) is 0 Å². The number of amides is 2. The second-order valence-corrected chi connectivity index (χ2v) is 13.6. The zero-order valence-electron chi connectivity index (χ0n) is 25.8. The third-order valence-electron chi connectivity index (χ3n) is 7.30. The van der Waals surface area contributed by atoms with Gasteiger partial charge in [-0.1, -0.05) is 104 Å². The zero-order chi connectivity index (χ0) is 34.2. The molecule has 1 N–H and O–H groups in total. The Morgan fingerprint density at radius 1 is 0.830 bits per heavy atom. The molecule has 0 saturated carbocycles. The normalized spacial score (nSPS) is 12.4. The summed E-state index contributed by atoms with van der Waals surface area (Å²) in [5.41, 5.74) is -0.251. The van der Waals surface area contributed by atoms with E-state index in [4.69, 9.17) is 11.6 Å². The van der Waals surface area contributed by atoms with Crippen molar-refractivity contribution in [2.75, 3.05) is 17.4 Å². The molecular formula is C35H35ClF3N3O4S. The highest BCUT2D eigenvalue weighted by Crippen LogP contribution is 2.38. The SMILES string of the molecule is CC(C)CNC(=O)C(Cc1ccccc1)N(Cc1ccccc1)C(=O)CN(c1ccc(Cl)c(C(F)(F)F)c1)S(=O)(=O)c1ccccc1. The second kappa shape index (κ2) is 15.5. The first-order valence-electron chi connectivity index (χ1n) is 14.9. The molecule has 248 valence electrons. The molecule has 0 aliphatic carbocycles. The van der Waals surface area contributed by atoms with E-state index in [-0.39, 0.29) is 23.8 Å². The van der Waals surface area contributed by atoms with Crippen LogP contribution in [0.15, 0.2) is 114 Å². The van der Waals surface area contributed by atoms with Crippen molar-refractivity contribution in [3.8, 4) is 0 Å². The number of nitrogens with zero attached hydrogens (tertiary/aromatic N) is 2. The number of carbonyl (C=O) groups is 2. The molecule has 4 aromatic carbocycles. The molecule has 0 fully saturated rings. The van der Waals surface area contributed by atoms with Gasteiger partial charge in [0.05, 0.1) is 21.2 Å².